The molecule has 0 spiro atoms. The molecule has 2 aliphatic heterocycles. The van der Waals surface area contributed by atoms with Gasteiger partial charge in [0, 0.05) is 50.2 Å². The second-order valence-electron chi connectivity index (χ2n) is 9.67. The van der Waals surface area contributed by atoms with Crippen LogP contribution >= 0.6 is 0 Å². The average molecular weight is 520 g/mol. The maximum Gasteiger partial charge on any atom is 0.254 e. The molecule has 1 fully saturated rings. The fraction of sp³-hybridized carbons (Fsp3) is 0.393. The van der Waals surface area contributed by atoms with Gasteiger partial charge in [-0.05, 0) is 49.2 Å². The highest BCUT2D eigenvalue weighted by Gasteiger charge is 2.32. The van der Waals surface area contributed by atoms with Gasteiger partial charge in [0.15, 0.2) is 0 Å². The molecule has 2 atom stereocenters. The van der Waals surface area contributed by atoms with Crippen LogP contribution in [0.4, 0.5) is 0 Å². The molecule has 10 nitrogen and oxygen atoms in total. The molecule has 0 radical (unpaired) electrons. The number of nitrogens with zero attached hydrogens (tertiary/aromatic N) is 3. The highest BCUT2D eigenvalue weighted by Crippen LogP contribution is 2.29. The quantitative estimate of drug-likeness (QED) is 0.546. The van der Waals surface area contributed by atoms with E-state index in [0.29, 0.717) is 49.1 Å². The summed E-state index contributed by atoms with van der Waals surface area (Å²) in [4.78, 5) is 30.1. The number of likely N-dealkylation sites (N-methyl/N-ethyl adjacent to an activating group) is 1. The number of hydrogen-bond acceptors (Lipinski definition) is 7. The lowest BCUT2D eigenvalue weighted by atomic mass is 10.0. The number of benzene rings is 2. The van der Waals surface area contributed by atoms with Crippen molar-refractivity contribution in [3.8, 4) is 17.2 Å². The summed E-state index contributed by atoms with van der Waals surface area (Å²) in [6, 6.07) is 14.5. The highest BCUT2D eigenvalue weighted by atomic mass is 16.5. The minimum absolute atomic E-state index is 0.0866. The number of amides is 2. The predicted octanol–water partition coefficient (Wildman–Crippen LogP) is 2.96. The summed E-state index contributed by atoms with van der Waals surface area (Å²) in [5.74, 6) is 1.10. The Bertz CT molecular complexity index is 1260. The normalized spacial score (nSPS) is 20.8. The first-order valence-corrected chi connectivity index (χ1v) is 12.9. The second kappa shape index (κ2) is 11.7. The van der Waals surface area contributed by atoms with Gasteiger partial charge in [0.05, 0.1) is 31.9 Å². The number of nitrogens with one attached hydrogen (secondary N) is 2. The minimum Gasteiger partial charge on any atom is -0.494 e. The van der Waals surface area contributed by atoms with Gasteiger partial charge in [-0.2, -0.15) is 5.10 Å². The summed E-state index contributed by atoms with van der Waals surface area (Å²) in [6.45, 7) is 4.78. The Balaban J connectivity index is 1.41. The van der Waals surface area contributed by atoms with Crippen molar-refractivity contribution in [2.75, 3.05) is 33.3 Å². The van der Waals surface area contributed by atoms with Gasteiger partial charge in [0.25, 0.3) is 5.91 Å². The summed E-state index contributed by atoms with van der Waals surface area (Å²) in [5.41, 5.74) is 2.35. The molecule has 1 aromatic heterocycles. The number of aromatic amines is 1. The molecule has 5 rings (SSSR count). The van der Waals surface area contributed by atoms with E-state index in [1.54, 1.807) is 31.4 Å². The lowest BCUT2D eigenvalue weighted by molar-refractivity contribution is -0.125. The maximum atomic E-state index is 13.3. The molecule has 10 heteroatoms. The number of fused-ring (bicyclic) bond motifs is 5. The van der Waals surface area contributed by atoms with Crippen molar-refractivity contribution >= 4 is 11.8 Å². The third-order valence-electron chi connectivity index (χ3n) is 6.70. The first-order valence-electron chi connectivity index (χ1n) is 12.9. The third-order valence-corrected chi connectivity index (χ3v) is 6.70. The topological polar surface area (TPSA) is 109 Å². The predicted molar refractivity (Wildman–Crippen MR) is 140 cm³/mol. The molecule has 1 saturated heterocycles. The number of carbonyl (C=O) groups is 2. The first kappa shape index (κ1) is 25.7. The number of hydrogen-bond donors (Lipinski definition) is 2. The minimum atomic E-state index is -0.301. The van der Waals surface area contributed by atoms with E-state index in [2.05, 4.69) is 20.4 Å². The van der Waals surface area contributed by atoms with E-state index < -0.39 is 0 Å². The van der Waals surface area contributed by atoms with Crippen LogP contribution in [0.25, 0.3) is 0 Å². The zero-order valence-corrected chi connectivity index (χ0v) is 21.7. The van der Waals surface area contributed by atoms with E-state index in [0.717, 1.165) is 24.2 Å². The third kappa shape index (κ3) is 6.32. The Labute approximate surface area is 221 Å². The Kier molecular flexibility index (Phi) is 7.90. The van der Waals surface area contributed by atoms with Crippen molar-refractivity contribution in [2.45, 2.75) is 38.6 Å². The highest BCUT2D eigenvalue weighted by molar-refractivity contribution is 5.97. The van der Waals surface area contributed by atoms with Gasteiger partial charge >= 0.3 is 0 Å². The molecular weight excluding hydrogens is 486 g/mol. The Morgan fingerprint density at radius 2 is 2.03 bits per heavy atom. The maximum absolute atomic E-state index is 13.3. The van der Waals surface area contributed by atoms with Gasteiger partial charge in [-0.1, -0.05) is 12.1 Å². The average Bonchev–Trinajstić information content (AvgIpc) is 3.40. The van der Waals surface area contributed by atoms with Crippen LogP contribution in [-0.4, -0.2) is 77.2 Å². The molecule has 2 N–H and O–H groups in total. The molecule has 0 saturated carbocycles. The fourth-order valence-corrected chi connectivity index (χ4v) is 4.90. The van der Waals surface area contributed by atoms with Gasteiger partial charge in [-0.25, -0.2) is 0 Å². The number of piperidine rings is 1. The van der Waals surface area contributed by atoms with Crippen LogP contribution in [0.2, 0.25) is 0 Å². The van der Waals surface area contributed by atoms with Crippen LogP contribution in [0.15, 0.2) is 54.7 Å². The molecule has 200 valence electrons. The van der Waals surface area contributed by atoms with Crippen molar-refractivity contribution < 1.29 is 23.8 Å². The first-order chi connectivity index (χ1) is 18.5. The molecule has 38 heavy (non-hydrogen) atoms. The molecule has 3 heterocycles. The number of H-pyrrole nitrogens is 1. The van der Waals surface area contributed by atoms with Crippen LogP contribution in [0.3, 0.4) is 0 Å². The molecule has 3 aromatic rings. The van der Waals surface area contributed by atoms with Crippen LogP contribution < -0.4 is 14.8 Å². The summed E-state index contributed by atoms with van der Waals surface area (Å²) >= 11 is 0. The number of aromatic nitrogens is 2. The Morgan fingerprint density at radius 1 is 1.13 bits per heavy atom. The number of ether oxygens (including phenoxy) is 3. The van der Waals surface area contributed by atoms with Gasteiger partial charge in [0.1, 0.15) is 17.2 Å². The van der Waals surface area contributed by atoms with Crippen LogP contribution in [0, 0.1) is 0 Å². The van der Waals surface area contributed by atoms with E-state index >= 15 is 0 Å². The summed E-state index contributed by atoms with van der Waals surface area (Å²) < 4.78 is 18.1. The van der Waals surface area contributed by atoms with Crippen LogP contribution in [-0.2, 0) is 22.7 Å². The van der Waals surface area contributed by atoms with Crippen LogP contribution in [0.1, 0.15) is 35.0 Å². The van der Waals surface area contributed by atoms with Crippen molar-refractivity contribution in [1.82, 2.24) is 25.3 Å². The molecule has 0 aliphatic carbocycles. The number of likely N-dealkylation sites (tertiary alicyclic amines) is 1. The Hall–Kier alpha value is -3.89. The molecule has 2 amide bonds. The molecule has 2 aliphatic rings. The van der Waals surface area contributed by atoms with E-state index in [-0.39, 0.29) is 30.5 Å². The van der Waals surface area contributed by atoms with E-state index in [4.69, 9.17) is 14.2 Å². The SMILES string of the molecule is CCOc1cc2cc(c1)C(=O)N(C)CC(=O)N[C@H]1CN(Cc3ccn[nH]3)CC[C@H]1OCc1cccc(c1)O2. The van der Waals surface area contributed by atoms with Crippen molar-refractivity contribution in [1.29, 1.82) is 0 Å². The lowest BCUT2D eigenvalue weighted by Gasteiger charge is -2.38. The van der Waals surface area contributed by atoms with Gasteiger partial charge < -0.3 is 24.4 Å². The molecule has 0 unspecified atom stereocenters. The lowest BCUT2D eigenvalue weighted by Crippen LogP contribution is -2.57. The van der Waals surface area contributed by atoms with E-state index in [9.17, 15) is 9.59 Å². The summed E-state index contributed by atoms with van der Waals surface area (Å²) in [5, 5.41) is 10.2. The summed E-state index contributed by atoms with van der Waals surface area (Å²) in [7, 11) is 1.61. The zero-order valence-electron chi connectivity index (χ0n) is 21.7. The van der Waals surface area contributed by atoms with Crippen molar-refractivity contribution in [3.05, 3.63) is 71.5 Å². The standard InChI is InChI=1S/C28H33N5O5/c1-3-36-23-12-20-13-24(14-23)38-22-6-4-5-19(11-22)18-37-26-8-10-33(15-21-7-9-29-31-21)16-25(26)30-27(34)17-32(2)28(20)35/h4-7,9,11-14,25-26H,3,8,10,15-18H2,1-2H3,(H,29,31)(H,30,34)/t25-,26+/m0/s1. The second-order valence-corrected chi connectivity index (χ2v) is 9.67. The fourth-order valence-electron chi connectivity index (χ4n) is 4.90. The monoisotopic (exact) mass is 519 g/mol. The molecular formula is C28H33N5O5. The van der Waals surface area contributed by atoms with Gasteiger partial charge in [-0.15, -0.1) is 0 Å². The zero-order chi connectivity index (χ0) is 26.5. The van der Waals surface area contributed by atoms with Crippen LogP contribution in [0.5, 0.6) is 17.2 Å². The van der Waals surface area contributed by atoms with E-state index in [1.165, 1.54) is 4.90 Å². The number of rotatable bonds is 4. The smallest absolute Gasteiger partial charge is 0.254 e. The van der Waals surface area contributed by atoms with Crippen molar-refractivity contribution in [3.63, 3.8) is 0 Å². The summed E-state index contributed by atoms with van der Waals surface area (Å²) in [6.07, 6.45) is 2.32. The largest absolute Gasteiger partial charge is 0.494 e. The molecule has 2 aromatic carbocycles. The van der Waals surface area contributed by atoms with Crippen molar-refractivity contribution in [2.24, 2.45) is 0 Å². The number of carbonyl (C=O) groups excluding carboxylic acids is 2. The Morgan fingerprint density at radius 3 is 2.84 bits per heavy atom. The van der Waals surface area contributed by atoms with Gasteiger partial charge in [0.2, 0.25) is 5.91 Å². The molecule has 4 bridgehead atoms. The van der Waals surface area contributed by atoms with E-state index in [1.807, 2.05) is 37.3 Å². The van der Waals surface area contributed by atoms with Gasteiger partial charge in [-0.3, -0.25) is 19.6 Å².